The van der Waals surface area contributed by atoms with Crippen molar-refractivity contribution >= 4 is 39.0 Å². The zero-order chi connectivity index (χ0) is 18.1. The lowest BCUT2D eigenvalue weighted by molar-refractivity contribution is 0.0751. The maximum atomic E-state index is 12.6. The van der Waals surface area contributed by atoms with Gasteiger partial charge in [0, 0.05) is 48.3 Å². The van der Waals surface area contributed by atoms with Crippen molar-refractivity contribution in [1.82, 2.24) is 24.6 Å². The fourth-order valence-electron chi connectivity index (χ4n) is 2.90. The SMILES string of the molecule is Cc1ccn(-c2cc(N3CCN(C(=O)c4cc(Br)cs4)CC3)ncn2)n1. The number of amides is 1. The summed E-state index contributed by atoms with van der Waals surface area (Å²) in [4.78, 5) is 26.1. The summed E-state index contributed by atoms with van der Waals surface area (Å²) < 4.78 is 2.70. The summed E-state index contributed by atoms with van der Waals surface area (Å²) in [7, 11) is 0. The van der Waals surface area contributed by atoms with Crippen LogP contribution in [-0.4, -0.2) is 56.7 Å². The van der Waals surface area contributed by atoms with Crippen molar-refractivity contribution in [3.8, 4) is 5.82 Å². The van der Waals surface area contributed by atoms with Crippen LogP contribution >= 0.6 is 27.3 Å². The van der Waals surface area contributed by atoms with E-state index in [1.54, 1.807) is 11.0 Å². The van der Waals surface area contributed by atoms with Crippen LogP contribution in [0.2, 0.25) is 0 Å². The van der Waals surface area contributed by atoms with E-state index in [-0.39, 0.29) is 5.91 Å². The Labute approximate surface area is 163 Å². The Kier molecular flexibility index (Phi) is 4.73. The van der Waals surface area contributed by atoms with Gasteiger partial charge in [-0.3, -0.25) is 4.79 Å². The third kappa shape index (κ3) is 3.49. The smallest absolute Gasteiger partial charge is 0.264 e. The summed E-state index contributed by atoms with van der Waals surface area (Å²) in [5, 5.41) is 6.32. The van der Waals surface area contributed by atoms with Gasteiger partial charge < -0.3 is 9.80 Å². The molecule has 7 nitrogen and oxygen atoms in total. The molecule has 0 unspecified atom stereocenters. The van der Waals surface area contributed by atoms with Crippen molar-refractivity contribution in [3.63, 3.8) is 0 Å². The van der Waals surface area contributed by atoms with E-state index in [4.69, 9.17) is 0 Å². The fraction of sp³-hybridized carbons (Fsp3) is 0.294. The molecular formula is C17H17BrN6OS. The number of thiophene rings is 1. The Balaban J connectivity index is 1.44. The molecule has 0 aromatic carbocycles. The second-order valence-corrected chi connectivity index (χ2v) is 7.87. The first kappa shape index (κ1) is 17.2. The lowest BCUT2D eigenvalue weighted by Crippen LogP contribution is -2.48. The average molecular weight is 433 g/mol. The number of hydrogen-bond acceptors (Lipinski definition) is 6. The number of rotatable bonds is 3. The first-order valence-corrected chi connectivity index (χ1v) is 9.90. The van der Waals surface area contributed by atoms with Crippen LogP contribution in [0, 0.1) is 6.92 Å². The zero-order valence-corrected chi connectivity index (χ0v) is 16.6. The van der Waals surface area contributed by atoms with Crippen LogP contribution in [-0.2, 0) is 0 Å². The number of carbonyl (C=O) groups excluding carboxylic acids is 1. The molecule has 1 aliphatic rings. The highest BCUT2D eigenvalue weighted by atomic mass is 79.9. The van der Waals surface area contributed by atoms with Crippen molar-refractivity contribution in [3.05, 3.63) is 51.1 Å². The van der Waals surface area contributed by atoms with Crippen LogP contribution in [0.5, 0.6) is 0 Å². The number of halogens is 1. The number of piperazine rings is 1. The molecule has 4 rings (SSSR count). The van der Waals surface area contributed by atoms with Crippen LogP contribution in [0.25, 0.3) is 5.82 Å². The van der Waals surface area contributed by atoms with Gasteiger partial charge in [0.25, 0.3) is 5.91 Å². The highest BCUT2D eigenvalue weighted by Gasteiger charge is 2.24. The third-order valence-electron chi connectivity index (χ3n) is 4.26. The van der Waals surface area contributed by atoms with Gasteiger partial charge in [-0.1, -0.05) is 0 Å². The van der Waals surface area contributed by atoms with Crippen molar-refractivity contribution in [2.75, 3.05) is 31.1 Å². The molecule has 1 fully saturated rings. The quantitative estimate of drug-likeness (QED) is 0.636. The van der Waals surface area contributed by atoms with E-state index in [0.717, 1.165) is 39.8 Å². The molecule has 134 valence electrons. The lowest BCUT2D eigenvalue weighted by atomic mass is 10.3. The van der Waals surface area contributed by atoms with E-state index < -0.39 is 0 Å². The van der Waals surface area contributed by atoms with Gasteiger partial charge >= 0.3 is 0 Å². The van der Waals surface area contributed by atoms with E-state index in [1.165, 1.54) is 11.3 Å². The molecule has 0 spiro atoms. The maximum Gasteiger partial charge on any atom is 0.264 e. The molecule has 9 heteroatoms. The summed E-state index contributed by atoms with van der Waals surface area (Å²) in [6.45, 7) is 4.78. The van der Waals surface area contributed by atoms with Crippen molar-refractivity contribution in [2.45, 2.75) is 6.92 Å². The summed E-state index contributed by atoms with van der Waals surface area (Å²) >= 11 is 4.87. The minimum Gasteiger partial charge on any atom is -0.353 e. The highest BCUT2D eigenvalue weighted by molar-refractivity contribution is 9.10. The second-order valence-electron chi connectivity index (χ2n) is 6.04. The van der Waals surface area contributed by atoms with Gasteiger partial charge in [0.05, 0.1) is 10.6 Å². The van der Waals surface area contributed by atoms with Gasteiger partial charge in [0.1, 0.15) is 12.1 Å². The minimum atomic E-state index is 0.0933. The largest absolute Gasteiger partial charge is 0.353 e. The number of aromatic nitrogens is 4. The molecule has 0 radical (unpaired) electrons. The standard InChI is InChI=1S/C17H17BrN6OS/c1-12-2-3-24(21-12)16-9-15(19-11-20-16)22-4-6-23(7-5-22)17(25)14-8-13(18)10-26-14/h2-3,8-11H,4-7H2,1H3. The van der Waals surface area contributed by atoms with Crippen molar-refractivity contribution in [1.29, 1.82) is 0 Å². The summed E-state index contributed by atoms with van der Waals surface area (Å²) in [5.41, 5.74) is 0.942. The van der Waals surface area contributed by atoms with Gasteiger partial charge in [-0.15, -0.1) is 11.3 Å². The number of nitrogens with zero attached hydrogens (tertiary/aromatic N) is 6. The Hall–Kier alpha value is -2.26. The minimum absolute atomic E-state index is 0.0933. The topological polar surface area (TPSA) is 67.2 Å². The van der Waals surface area contributed by atoms with Gasteiger partial charge in [0.15, 0.2) is 5.82 Å². The summed E-state index contributed by atoms with van der Waals surface area (Å²) in [5.74, 6) is 1.69. The monoisotopic (exact) mass is 432 g/mol. The lowest BCUT2D eigenvalue weighted by Gasteiger charge is -2.35. The number of hydrogen-bond donors (Lipinski definition) is 0. The number of carbonyl (C=O) groups is 1. The summed E-state index contributed by atoms with van der Waals surface area (Å²) in [6.07, 6.45) is 3.44. The molecule has 1 amide bonds. The molecule has 4 heterocycles. The first-order chi connectivity index (χ1) is 12.6. The maximum absolute atomic E-state index is 12.6. The Bertz CT molecular complexity index is 931. The first-order valence-electron chi connectivity index (χ1n) is 8.23. The third-order valence-corrected chi connectivity index (χ3v) is 5.94. The zero-order valence-electron chi connectivity index (χ0n) is 14.2. The second kappa shape index (κ2) is 7.16. The van der Waals surface area contributed by atoms with Gasteiger partial charge in [-0.25, -0.2) is 14.6 Å². The molecule has 26 heavy (non-hydrogen) atoms. The molecule has 3 aromatic rings. The Morgan fingerprint density at radius 2 is 1.92 bits per heavy atom. The molecule has 0 N–H and O–H groups in total. The van der Waals surface area contributed by atoms with Gasteiger partial charge in [-0.2, -0.15) is 5.10 Å². The van der Waals surface area contributed by atoms with Gasteiger partial charge in [-0.05, 0) is 35.0 Å². The van der Waals surface area contributed by atoms with Crippen LogP contribution < -0.4 is 4.90 Å². The highest BCUT2D eigenvalue weighted by Crippen LogP contribution is 2.22. The molecule has 0 saturated carbocycles. The van der Waals surface area contributed by atoms with Crippen molar-refractivity contribution in [2.24, 2.45) is 0 Å². The van der Waals surface area contributed by atoms with E-state index in [9.17, 15) is 4.79 Å². The Morgan fingerprint density at radius 1 is 1.15 bits per heavy atom. The van der Waals surface area contributed by atoms with Crippen LogP contribution in [0.3, 0.4) is 0 Å². The summed E-state index contributed by atoms with van der Waals surface area (Å²) in [6, 6.07) is 5.75. The van der Waals surface area contributed by atoms with E-state index in [0.29, 0.717) is 13.1 Å². The fourth-order valence-corrected chi connectivity index (χ4v) is 4.29. The molecule has 1 aliphatic heterocycles. The number of aryl methyl sites for hydroxylation is 1. The molecule has 1 saturated heterocycles. The molecular weight excluding hydrogens is 416 g/mol. The predicted molar refractivity (Wildman–Crippen MR) is 104 cm³/mol. The van der Waals surface area contributed by atoms with E-state index in [2.05, 4.69) is 35.9 Å². The average Bonchev–Trinajstić information content (AvgIpc) is 3.30. The van der Waals surface area contributed by atoms with Crippen LogP contribution in [0.1, 0.15) is 15.4 Å². The van der Waals surface area contributed by atoms with E-state index >= 15 is 0 Å². The Morgan fingerprint density at radius 3 is 2.58 bits per heavy atom. The molecule has 0 atom stereocenters. The van der Waals surface area contributed by atoms with Gasteiger partial charge in [0.2, 0.25) is 0 Å². The molecule has 3 aromatic heterocycles. The van der Waals surface area contributed by atoms with E-state index in [1.807, 2.05) is 41.6 Å². The normalized spacial score (nSPS) is 14.7. The van der Waals surface area contributed by atoms with Crippen LogP contribution in [0.4, 0.5) is 5.82 Å². The predicted octanol–water partition coefficient (Wildman–Crippen LogP) is 2.76. The van der Waals surface area contributed by atoms with Crippen LogP contribution in [0.15, 0.2) is 40.6 Å². The molecule has 0 aliphatic carbocycles. The number of anilines is 1. The molecule has 0 bridgehead atoms. The van der Waals surface area contributed by atoms with Crippen molar-refractivity contribution < 1.29 is 4.79 Å².